The fraction of sp³-hybridized carbons (Fsp3) is 0.250. The lowest BCUT2D eigenvalue weighted by molar-refractivity contribution is 0.0773. The van der Waals surface area contributed by atoms with Gasteiger partial charge in [-0.25, -0.2) is 9.37 Å². The standard InChI is InChI=1S/C12H13FN4O2/c1-7-14-10(16-15-7)6-17(2)12(19)11-8(13)4-3-5-9(11)18/h3-5,18H,6H2,1-2H3,(H,14,15,16). The number of phenolic OH excluding ortho intramolecular Hbond substituents is 1. The van der Waals surface area contributed by atoms with E-state index in [0.29, 0.717) is 11.6 Å². The summed E-state index contributed by atoms with van der Waals surface area (Å²) in [4.78, 5) is 17.3. The Morgan fingerprint density at radius 3 is 2.84 bits per heavy atom. The molecule has 2 aromatic rings. The van der Waals surface area contributed by atoms with Crippen LogP contribution in [0.5, 0.6) is 5.75 Å². The molecule has 19 heavy (non-hydrogen) atoms. The normalized spacial score (nSPS) is 10.5. The van der Waals surface area contributed by atoms with Gasteiger partial charge in [0.2, 0.25) is 0 Å². The molecule has 0 aliphatic carbocycles. The average Bonchev–Trinajstić information content (AvgIpc) is 2.74. The van der Waals surface area contributed by atoms with Crippen LogP contribution in [0.2, 0.25) is 0 Å². The number of rotatable bonds is 3. The molecule has 0 bridgehead atoms. The molecule has 1 aromatic heterocycles. The molecule has 0 unspecified atom stereocenters. The van der Waals surface area contributed by atoms with E-state index in [4.69, 9.17) is 0 Å². The summed E-state index contributed by atoms with van der Waals surface area (Å²) in [6.45, 7) is 1.86. The van der Waals surface area contributed by atoms with Gasteiger partial charge in [-0.15, -0.1) is 0 Å². The van der Waals surface area contributed by atoms with Gasteiger partial charge in [0.15, 0.2) is 5.82 Å². The first-order chi connectivity index (χ1) is 8.99. The molecule has 6 nitrogen and oxygen atoms in total. The Bertz CT molecular complexity index is 591. The number of aromatic nitrogens is 3. The highest BCUT2D eigenvalue weighted by Crippen LogP contribution is 2.21. The van der Waals surface area contributed by atoms with Gasteiger partial charge in [0.25, 0.3) is 5.91 Å². The van der Waals surface area contributed by atoms with Crippen LogP contribution < -0.4 is 0 Å². The molecular formula is C12H13FN4O2. The molecule has 0 saturated carbocycles. The van der Waals surface area contributed by atoms with Gasteiger partial charge in [-0.3, -0.25) is 9.89 Å². The maximum Gasteiger partial charge on any atom is 0.260 e. The third-order valence-electron chi connectivity index (χ3n) is 2.57. The van der Waals surface area contributed by atoms with E-state index in [-0.39, 0.29) is 17.9 Å². The summed E-state index contributed by atoms with van der Waals surface area (Å²) in [5.41, 5.74) is -0.350. The molecule has 0 aliphatic rings. The van der Waals surface area contributed by atoms with E-state index < -0.39 is 11.7 Å². The largest absolute Gasteiger partial charge is 0.507 e. The second kappa shape index (κ2) is 5.05. The van der Waals surface area contributed by atoms with Crippen LogP contribution in [0, 0.1) is 12.7 Å². The number of aryl methyl sites for hydroxylation is 1. The summed E-state index contributed by atoms with van der Waals surface area (Å²) in [6, 6.07) is 3.72. The maximum atomic E-state index is 13.6. The smallest absolute Gasteiger partial charge is 0.260 e. The number of halogens is 1. The van der Waals surface area contributed by atoms with Crippen molar-refractivity contribution < 1.29 is 14.3 Å². The Morgan fingerprint density at radius 2 is 2.26 bits per heavy atom. The van der Waals surface area contributed by atoms with Crippen molar-refractivity contribution in [3.63, 3.8) is 0 Å². The Balaban J connectivity index is 2.19. The molecule has 0 aliphatic heterocycles. The molecule has 2 rings (SSSR count). The van der Waals surface area contributed by atoms with Crippen LogP contribution in [0.3, 0.4) is 0 Å². The molecule has 1 aromatic carbocycles. The number of hydrogen-bond donors (Lipinski definition) is 2. The number of amides is 1. The summed E-state index contributed by atoms with van der Waals surface area (Å²) in [5.74, 6) is -0.724. The van der Waals surface area contributed by atoms with Crippen molar-refractivity contribution in [1.82, 2.24) is 20.1 Å². The summed E-state index contributed by atoms with van der Waals surface area (Å²) in [5, 5.41) is 16.1. The number of nitrogens with one attached hydrogen (secondary N) is 1. The van der Waals surface area contributed by atoms with Crippen LogP contribution in [0.25, 0.3) is 0 Å². The number of benzene rings is 1. The Hall–Kier alpha value is -2.44. The molecule has 100 valence electrons. The second-order valence-corrected chi connectivity index (χ2v) is 4.13. The van der Waals surface area contributed by atoms with Crippen molar-refractivity contribution in [3.8, 4) is 5.75 Å². The first-order valence-electron chi connectivity index (χ1n) is 5.60. The fourth-order valence-corrected chi connectivity index (χ4v) is 1.66. The van der Waals surface area contributed by atoms with Crippen molar-refractivity contribution in [2.45, 2.75) is 13.5 Å². The highest BCUT2D eigenvalue weighted by atomic mass is 19.1. The molecule has 1 heterocycles. The van der Waals surface area contributed by atoms with Gasteiger partial charge >= 0.3 is 0 Å². The van der Waals surface area contributed by atoms with Crippen molar-refractivity contribution >= 4 is 5.91 Å². The van der Waals surface area contributed by atoms with E-state index in [1.54, 1.807) is 6.92 Å². The Morgan fingerprint density at radius 1 is 1.53 bits per heavy atom. The first kappa shape index (κ1) is 13.0. The predicted molar refractivity (Wildman–Crippen MR) is 65.0 cm³/mol. The van der Waals surface area contributed by atoms with E-state index in [2.05, 4.69) is 15.2 Å². The quantitative estimate of drug-likeness (QED) is 0.873. The van der Waals surface area contributed by atoms with Crippen LogP contribution in [0.4, 0.5) is 4.39 Å². The van der Waals surface area contributed by atoms with Crippen molar-refractivity contribution in [2.75, 3.05) is 7.05 Å². The van der Waals surface area contributed by atoms with Crippen LogP contribution in [0.1, 0.15) is 22.0 Å². The molecule has 0 saturated heterocycles. The fourth-order valence-electron chi connectivity index (χ4n) is 1.66. The first-order valence-corrected chi connectivity index (χ1v) is 5.60. The number of aromatic hydroxyl groups is 1. The third kappa shape index (κ3) is 2.70. The van der Waals surface area contributed by atoms with Gasteiger partial charge in [-0.1, -0.05) is 6.07 Å². The lowest BCUT2D eigenvalue weighted by atomic mass is 10.1. The maximum absolute atomic E-state index is 13.6. The minimum Gasteiger partial charge on any atom is -0.507 e. The summed E-state index contributed by atoms with van der Waals surface area (Å²) >= 11 is 0. The SMILES string of the molecule is Cc1nc(CN(C)C(=O)c2c(O)cccc2F)n[nH]1. The molecule has 0 spiro atoms. The van der Waals surface area contributed by atoms with Gasteiger partial charge < -0.3 is 10.0 Å². The number of phenols is 1. The van der Waals surface area contributed by atoms with E-state index >= 15 is 0 Å². The number of nitrogens with zero attached hydrogens (tertiary/aromatic N) is 3. The number of carbonyl (C=O) groups excluding carboxylic acids is 1. The van der Waals surface area contributed by atoms with E-state index in [1.165, 1.54) is 24.1 Å². The molecule has 0 fully saturated rings. The second-order valence-electron chi connectivity index (χ2n) is 4.13. The number of H-pyrrole nitrogens is 1. The Kier molecular flexibility index (Phi) is 3.46. The molecule has 0 atom stereocenters. The molecule has 7 heteroatoms. The minimum absolute atomic E-state index is 0.122. The van der Waals surface area contributed by atoms with Gasteiger partial charge in [0, 0.05) is 7.05 Å². The zero-order chi connectivity index (χ0) is 14.0. The van der Waals surface area contributed by atoms with Crippen LogP contribution >= 0.6 is 0 Å². The van der Waals surface area contributed by atoms with Gasteiger partial charge in [-0.05, 0) is 19.1 Å². The number of aromatic amines is 1. The third-order valence-corrected chi connectivity index (χ3v) is 2.57. The van der Waals surface area contributed by atoms with E-state index in [0.717, 1.165) is 6.07 Å². The van der Waals surface area contributed by atoms with Crippen molar-refractivity contribution in [3.05, 3.63) is 41.2 Å². The molecular weight excluding hydrogens is 251 g/mol. The van der Waals surface area contributed by atoms with Crippen molar-refractivity contribution in [2.24, 2.45) is 0 Å². The highest BCUT2D eigenvalue weighted by Gasteiger charge is 2.21. The van der Waals surface area contributed by atoms with Gasteiger partial charge in [0.1, 0.15) is 23.0 Å². The Labute approximate surface area is 108 Å². The zero-order valence-electron chi connectivity index (χ0n) is 10.5. The lowest BCUT2D eigenvalue weighted by Crippen LogP contribution is -2.27. The zero-order valence-corrected chi connectivity index (χ0v) is 10.5. The lowest BCUT2D eigenvalue weighted by Gasteiger charge is -2.16. The average molecular weight is 264 g/mol. The van der Waals surface area contributed by atoms with Crippen LogP contribution in [-0.4, -0.2) is 38.1 Å². The molecule has 2 N–H and O–H groups in total. The number of carbonyl (C=O) groups is 1. The van der Waals surface area contributed by atoms with Crippen LogP contribution in [-0.2, 0) is 6.54 Å². The summed E-state index contributed by atoms with van der Waals surface area (Å²) in [7, 11) is 1.49. The number of hydrogen-bond acceptors (Lipinski definition) is 4. The molecule has 0 radical (unpaired) electrons. The summed E-state index contributed by atoms with van der Waals surface area (Å²) in [6.07, 6.45) is 0. The van der Waals surface area contributed by atoms with E-state index in [1.807, 2.05) is 0 Å². The van der Waals surface area contributed by atoms with Gasteiger partial charge in [0.05, 0.1) is 6.54 Å². The molecule has 1 amide bonds. The minimum atomic E-state index is -0.761. The predicted octanol–water partition coefficient (Wildman–Crippen LogP) is 1.23. The van der Waals surface area contributed by atoms with Crippen molar-refractivity contribution in [1.29, 1.82) is 0 Å². The monoisotopic (exact) mass is 264 g/mol. The highest BCUT2D eigenvalue weighted by molar-refractivity contribution is 5.96. The van der Waals surface area contributed by atoms with Crippen LogP contribution in [0.15, 0.2) is 18.2 Å². The summed E-state index contributed by atoms with van der Waals surface area (Å²) < 4.78 is 13.6. The van der Waals surface area contributed by atoms with E-state index in [9.17, 15) is 14.3 Å². The van der Waals surface area contributed by atoms with Gasteiger partial charge in [-0.2, -0.15) is 5.10 Å². The topological polar surface area (TPSA) is 82.1 Å².